The molecular formula is C46H58N6O9. The third kappa shape index (κ3) is 15.2. The minimum absolute atomic E-state index is 0.106. The molecule has 0 aliphatic heterocycles. The molecule has 5 rings (SSSR count). The van der Waals surface area contributed by atoms with Crippen LogP contribution in [-0.2, 0) is 52.8 Å². The van der Waals surface area contributed by atoms with Crippen molar-refractivity contribution in [1.82, 2.24) is 31.2 Å². The van der Waals surface area contributed by atoms with Gasteiger partial charge in [-0.05, 0) is 91.1 Å². The summed E-state index contributed by atoms with van der Waals surface area (Å²) >= 11 is 0. The number of carbonyl (C=O) groups is 6. The monoisotopic (exact) mass is 838 g/mol. The Morgan fingerprint density at radius 3 is 1.39 bits per heavy atom. The van der Waals surface area contributed by atoms with Crippen molar-refractivity contribution >= 4 is 57.6 Å². The first-order valence-electron chi connectivity index (χ1n) is 20.1. The zero-order chi connectivity index (χ0) is 44.9. The van der Waals surface area contributed by atoms with E-state index >= 15 is 0 Å². The number of aromatic nitrogens is 2. The van der Waals surface area contributed by atoms with E-state index in [0.29, 0.717) is 0 Å². The van der Waals surface area contributed by atoms with Crippen LogP contribution < -0.4 is 21.3 Å². The van der Waals surface area contributed by atoms with Crippen LogP contribution in [0.4, 0.5) is 9.59 Å². The number of nitrogens with one attached hydrogen (secondary N) is 6. The molecule has 0 saturated heterocycles. The highest BCUT2D eigenvalue weighted by Crippen LogP contribution is 2.22. The lowest BCUT2D eigenvalue weighted by Gasteiger charge is -2.25. The van der Waals surface area contributed by atoms with Crippen molar-refractivity contribution in [2.45, 2.75) is 117 Å². The first-order chi connectivity index (χ1) is 28.7. The highest BCUT2D eigenvalue weighted by molar-refractivity contribution is 5.91. The molecule has 15 nitrogen and oxygen atoms in total. The zero-order valence-electron chi connectivity index (χ0n) is 36.3. The summed E-state index contributed by atoms with van der Waals surface area (Å²) in [5.74, 6) is -1.84. The van der Waals surface area contributed by atoms with Gasteiger partial charge in [-0.3, -0.25) is 4.79 Å². The van der Waals surface area contributed by atoms with Crippen LogP contribution in [0.3, 0.4) is 0 Å². The van der Waals surface area contributed by atoms with Gasteiger partial charge in [-0.1, -0.05) is 66.7 Å². The largest absolute Gasteiger partial charge is 0.459 e. The lowest BCUT2D eigenvalue weighted by Crippen LogP contribution is -2.52. The third-order valence-electron chi connectivity index (χ3n) is 9.07. The van der Waals surface area contributed by atoms with Gasteiger partial charge in [-0.15, -0.1) is 0 Å². The normalized spacial score (nSPS) is 13.3. The van der Waals surface area contributed by atoms with Crippen molar-refractivity contribution in [2.24, 2.45) is 0 Å². The summed E-state index contributed by atoms with van der Waals surface area (Å²) in [5.41, 5.74) is 3.08. The molecule has 326 valence electrons. The number of urea groups is 2. The number of Topliss-reactive ketones (excluding diaryl/α,β-unsaturated/α-hetero) is 1. The summed E-state index contributed by atoms with van der Waals surface area (Å²) in [4.78, 5) is 80.4. The first kappa shape index (κ1) is 47.0. The number of ether oxygens (including phenoxy) is 3. The molecule has 3 aromatic carbocycles. The highest BCUT2D eigenvalue weighted by atomic mass is 16.6. The molecule has 61 heavy (non-hydrogen) atoms. The zero-order valence-corrected chi connectivity index (χ0v) is 36.3. The van der Waals surface area contributed by atoms with E-state index in [2.05, 4.69) is 31.2 Å². The van der Waals surface area contributed by atoms with Gasteiger partial charge in [-0.2, -0.15) is 0 Å². The van der Waals surface area contributed by atoms with Gasteiger partial charge in [-0.25, -0.2) is 24.0 Å². The lowest BCUT2D eigenvalue weighted by atomic mass is 10.0. The van der Waals surface area contributed by atoms with Gasteiger partial charge in [0.2, 0.25) is 0 Å². The van der Waals surface area contributed by atoms with Crippen LogP contribution in [0.25, 0.3) is 21.8 Å². The van der Waals surface area contributed by atoms with E-state index < -0.39 is 65.3 Å². The number of H-pyrrole nitrogens is 2. The van der Waals surface area contributed by atoms with Gasteiger partial charge in [0.15, 0.2) is 5.78 Å². The number of para-hydroxylation sites is 2. The van der Waals surface area contributed by atoms with Crippen LogP contribution in [0.2, 0.25) is 0 Å². The second-order valence-corrected chi connectivity index (χ2v) is 16.7. The molecule has 4 amide bonds. The smallest absolute Gasteiger partial charge is 0.329 e. The molecule has 0 aliphatic carbocycles. The third-order valence-corrected chi connectivity index (χ3v) is 9.07. The van der Waals surface area contributed by atoms with Crippen molar-refractivity contribution in [3.63, 3.8) is 0 Å². The van der Waals surface area contributed by atoms with Crippen LogP contribution in [0.1, 0.15) is 79.0 Å². The minimum atomic E-state index is -0.953. The fourth-order valence-corrected chi connectivity index (χ4v) is 5.98. The average Bonchev–Trinajstić information content (AvgIpc) is 3.79. The Morgan fingerprint density at radius 2 is 0.967 bits per heavy atom. The van der Waals surface area contributed by atoms with Crippen molar-refractivity contribution in [3.05, 3.63) is 108 Å². The van der Waals surface area contributed by atoms with Crippen LogP contribution in [0, 0.1) is 0 Å². The fraction of sp³-hybridized carbons (Fsp3) is 0.391. The van der Waals surface area contributed by atoms with E-state index in [1.165, 1.54) is 13.8 Å². The summed E-state index contributed by atoms with van der Waals surface area (Å²) in [6, 6.07) is 20.0. The van der Waals surface area contributed by atoms with Crippen molar-refractivity contribution in [1.29, 1.82) is 0 Å². The molecule has 0 spiro atoms. The number of benzene rings is 3. The Labute approximate surface area is 356 Å². The molecule has 6 N–H and O–H groups in total. The van der Waals surface area contributed by atoms with E-state index in [1.807, 2.05) is 91.3 Å². The summed E-state index contributed by atoms with van der Waals surface area (Å²) in [7, 11) is 0. The van der Waals surface area contributed by atoms with E-state index in [1.54, 1.807) is 48.5 Å². The molecule has 2 aromatic heterocycles. The van der Waals surface area contributed by atoms with Gasteiger partial charge in [0.25, 0.3) is 0 Å². The maximum Gasteiger partial charge on any atom is 0.329 e. The predicted molar refractivity (Wildman–Crippen MR) is 232 cm³/mol. The van der Waals surface area contributed by atoms with Gasteiger partial charge >= 0.3 is 30.0 Å². The molecule has 0 fully saturated rings. The topological polar surface area (TPSA) is 210 Å². The fourth-order valence-electron chi connectivity index (χ4n) is 5.98. The van der Waals surface area contributed by atoms with Gasteiger partial charge < -0.3 is 45.4 Å². The number of hydrogen-bond acceptors (Lipinski definition) is 9. The van der Waals surface area contributed by atoms with E-state index in [4.69, 9.17) is 14.2 Å². The van der Waals surface area contributed by atoms with E-state index in [0.717, 1.165) is 38.5 Å². The number of esters is 3. The molecule has 5 aromatic rings. The standard InChI is InChI=1S/C26H31N3O5.C20H27N3O4/c1-17(23(30)33-16-18-10-6-5-7-11-18)28-25(32)29-22(24(31)34-26(2,3)4)14-19-15-27-21-13-9-8-12-20(19)21;1-12(13(2)24)22-19(26)23-17(18(25)27-20(3,4)5)10-14-11-21-16-9-7-6-8-15(14)16/h5-13,15,17,22,27H,14,16H2,1-4H3,(H2,28,29,32);6-9,11-12,17,21H,10H2,1-5H3,(H2,22,23,26)/t17-,22-;12-,17-/m00/s1. The molecule has 0 bridgehead atoms. The molecule has 2 heterocycles. The Balaban J connectivity index is 0.000000276. The Morgan fingerprint density at radius 1 is 0.557 bits per heavy atom. The van der Waals surface area contributed by atoms with Gasteiger partial charge in [0.1, 0.15) is 35.9 Å². The number of carbonyl (C=O) groups excluding carboxylic acids is 6. The number of amides is 4. The Hall–Kier alpha value is -6.64. The average molecular weight is 839 g/mol. The summed E-state index contributed by atoms with van der Waals surface area (Å²) in [6.45, 7) is 15.2. The number of fused-ring (bicyclic) bond motifs is 2. The minimum Gasteiger partial charge on any atom is -0.459 e. The van der Waals surface area contributed by atoms with Crippen molar-refractivity contribution < 1.29 is 43.0 Å². The van der Waals surface area contributed by atoms with Gasteiger partial charge in [0.05, 0.1) is 6.04 Å². The summed E-state index contributed by atoms with van der Waals surface area (Å²) < 4.78 is 16.2. The molecular weight excluding hydrogens is 781 g/mol. The number of aromatic amines is 2. The second kappa shape index (κ2) is 21.1. The predicted octanol–water partition coefficient (Wildman–Crippen LogP) is 6.55. The van der Waals surface area contributed by atoms with Gasteiger partial charge in [0, 0.05) is 47.0 Å². The Bertz CT molecular complexity index is 2290. The summed E-state index contributed by atoms with van der Waals surface area (Å²) in [5, 5.41) is 12.3. The quantitative estimate of drug-likeness (QED) is 0.0529. The lowest BCUT2D eigenvalue weighted by molar-refractivity contribution is -0.158. The number of ketones is 1. The van der Waals surface area contributed by atoms with Crippen LogP contribution in [0.15, 0.2) is 91.3 Å². The van der Waals surface area contributed by atoms with Crippen molar-refractivity contribution in [2.75, 3.05) is 0 Å². The van der Waals surface area contributed by atoms with E-state index in [9.17, 15) is 28.8 Å². The van der Waals surface area contributed by atoms with Crippen LogP contribution in [-0.4, -0.2) is 81.1 Å². The molecule has 4 atom stereocenters. The molecule has 15 heteroatoms. The van der Waals surface area contributed by atoms with Crippen LogP contribution in [0.5, 0.6) is 0 Å². The number of rotatable bonds is 14. The maximum atomic E-state index is 12.9. The first-order valence-corrected chi connectivity index (χ1v) is 20.1. The SMILES string of the molecule is CC(=O)[C@H](C)NC(=O)N[C@@H](Cc1c[nH]c2ccccc12)C(=O)OC(C)(C)C.C[C@H](NC(=O)N[C@@H](Cc1c[nH]c2ccccc12)C(=O)OC(C)(C)C)C(=O)OCc1ccccc1. The van der Waals surface area contributed by atoms with E-state index in [-0.39, 0.29) is 25.2 Å². The maximum absolute atomic E-state index is 12.9. The molecule has 0 aliphatic rings. The van der Waals surface area contributed by atoms with Crippen molar-refractivity contribution in [3.8, 4) is 0 Å². The Kier molecular flexibility index (Phi) is 16.2. The number of hydrogen-bond donors (Lipinski definition) is 6. The molecule has 0 saturated carbocycles. The van der Waals surface area contributed by atoms with Crippen LogP contribution >= 0.6 is 0 Å². The second-order valence-electron chi connectivity index (χ2n) is 16.7. The molecule has 0 radical (unpaired) electrons. The highest BCUT2D eigenvalue weighted by Gasteiger charge is 2.30. The summed E-state index contributed by atoms with van der Waals surface area (Å²) in [6.07, 6.45) is 4.12. The molecule has 0 unspecified atom stereocenters.